The van der Waals surface area contributed by atoms with Crippen LogP contribution in [0, 0.1) is 21.4 Å². The summed E-state index contributed by atoms with van der Waals surface area (Å²) in [5.41, 5.74) is 2.13. The number of carbonyl (C=O) groups is 2. The Hall–Kier alpha value is -4.54. The van der Waals surface area contributed by atoms with Crippen LogP contribution in [0.4, 0.5) is 10.5 Å². The van der Waals surface area contributed by atoms with Crippen molar-refractivity contribution in [1.82, 2.24) is 4.57 Å². The van der Waals surface area contributed by atoms with Crippen LogP contribution in [0.25, 0.3) is 10.9 Å². The molecular weight excluding hydrogens is 697 g/mol. The molecular formula is C32H31BrN3O10P. The lowest BCUT2D eigenvalue weighted by Gasteiger charge is -2.12. The number of hydrogen-bond donors (Lipinski definition) is 2. The summed E-state index contributed by atoms with van der Waals surface area (Å²) in [4.78, 5) is 55.8. The van der Waals surface area contributed by atoms with E-state index in [1.807, 2.05) is 36.4 Å². The van der Waals surface area contributed by atoms with E-state index < -0.39 is 18.8 Å². The maximum Gasteiger partial charge on any atom is 0.524 e. The van der Waals surface area contributed by atoms with Crippen LogP contribution in [0.3, 0.4) is 0 Å². The number of non-ortho nitro benzene ring substituents is 1. The highest BCUT2D eigenvalue weighted by Gasteiger charge is 2.30. The minimum absolute atomic E-state index is 0.0408. The largest absolute Gasteiger partial charge is 0.524 e. The first-order valence-electron chi connectivity index (χ1n) is 14.5. The third-order valence-corrected chi connectivity index (χ3v) is 8.32. The molecule has 0 aliphatic heterocycles. The molecule has 47 heavy (non-hydrogen) atoms. The summed E-state index contributed by atoms with van der Waals surface area (Å²) >= 11 is 3.52. The molecule has 4 rings (SSSR count). The molecule has 2 N–H and O–H groups in total. The van der Waals surface area contributed by atoms with Crippen molar-refractivity contribution < 1.29 is 42.9 Å². The van der Waals surface area contributed by atoms with Gasteiger partial charge in [-0.1, -0.05) is 52.7 Å². The van der Waals surface area contributed by atoms with Gasteiger partial charge in [0.2, 0.25) is 0 Å². The number of aromatic nitrogens is 1. The lowest BCUT2D eigenvalue weighted by molar-refractivity contribution is -0.384. The molecule has 1 aromatic heterocycles. The Bertz CT molecular complexity index is 1830. The number of phosphoric ester groups is 1. The van der Waals surface area contributed by atoms with Gasteiger partial charge in [0.15, 0.2) is 5.75 Å². The fourth-order valence-electron chi connectivity index (χ4n) is 4.99. The summed E-state index contributed by atoms with van der Waals surface area (Å²) in [6.45, 7) is -0.0571. The Morgan fingerprint density at radius 3 is 2.28 bits per heavy atom. The van der Waals surface area contributed by atoms with Gasteiger partial charge in [0.05, 0.1) is 22.2 Å². The highest BCUT2D eigenvalue weighted by Crippen LogP contribution is 2.47. The number of halogens is 1. The van der Waals surface area contributed by atoms with Gasteiger partial charge in [-0.3, -0.25) is 24.7 Å². The van der Waals surface area contributed by atoms with Crippen LogP contribution in [0.2, 0.25) is 0 Å². The number of benzene rings is 3. The maximum atomic E-state index is 13.5. The Morgan fingerprint density at radius 2 is 1.62 bits per heavy atom. The summed E-state index contributed by atoms with van der Waals surface area (Å²) < 4.78 is 29.9. The van der Waals surface area contributed by atoms with E-state index in [1.165, 1.54) is 24.3 Å². The normalized spacial score (nSPS) is 11.2. The van der Waals surface area contributed by atoms with Crippen molar-refractivity contribution in [2.24, 2.45) is 0 Å². The molecule has 0 unspecified atom stereocenters. The number of nitro benzene ring substituents is 1. The van der Waals surface area contributed by atoms with Crippen molar-refractivity contribution in [3.8, 4) is 11.8 Å². The standard InChI is InChI=1S/C32H31BrN3O10P/c33-26-17-18-27-30(25(26)10-5-2-6-12-29(37)44-20-22-8-3-1-4-9-22)31(46-47(41,42)43)28(11-7-19-34)35(27)32(38)45-21-23-13-15-24(16-14-23)36(39)40/h1,3-4,8-9,13-18H,2,5-7,10-12,20-21H2,(H2,41,42,43). The summed E-state index contributed by atoms with van der Waals surface area (Å²) in [6.07, 6.45) is 1.31. The number of nitro groups is 1. The number of rotatable bonds is 15. The lowest BCUT2D eigenvalue weighted by Crippen LogP contribution is -2.16. The maximum absolute atomic E-state index is 13.5. The first-order valence-corrected chi connectivity index (χ1v) is 16.9. The molecule has 0 saturated carbocycles. The van der Waals surface area contributed by atoms with Crippen molar-refractivity contribution in [3.63, 3.8) is 0 Å². The van der Waals surface area contributed by atoms with Gasteiger partial charge in [-0.2, -0.15) is 5.26 Å². The van der Waals surface area contributed by atoms with E-state index in [-0.39, 0.29) is 66.5 Å². The molecule has 4 aromatic rings. The van der Waals surface area contributed by atoms with Crippen molar-refractivity contribution >= 4 is 52.4 Å². The molecule has 0 spiro atoms. The third-order valence-electron chi connectivity index (χ3n) is 7.16. The first-order chi connectivity index (χ1) is 22.5. The van der Waals surface area contributed by atoms with Crippen LogP contribution >= 0.6 is 23.8 Å². The minimum Gasteiger partial charge on any atom is -0.461 e. The summed E-state index contributed by atoms with van der Waals surface area (Å²) in [5, 5.41) is 20.5. The molecule has 0 atom stereocenters. The summed E-state index contributed by atoms with van der Waals surface area (Å²) in [5.74, 6) is -0.558. The number of aryl methyl sites for hydroxylation is 1. The van der Waals surface area contributed by atoms with E-state index in [0.717, 1.165) is 10.1 Å². The highest BCUT2D eigenvalue weighted by atomic mass is 79.9. The van der Waals surface area contributed by atoms with Crippen LogP contribution < -0.4 is 4.52 Å². The molecule has 3 aromatic carbocycles. The molecule has 1 heterocycles. The molecule has 0 saturated heterocycles. The highest BCUT2D eigenvalue weighted by molar-refractivity contribution is 9.10. The summed E-state index contributed by atoms with van der Waals surface area (Å²) in [7, 11) is -5.13. The average Bonchev–Trinajstić information content (AvgIpc) is 3.34. The molecule has 0 fully saturated rings. The van der Waals surface area contributed by atoms with E-state index in [9.17, 15) is 39.3 Å². The van der Waals surface area contributed by atoms with E-state index in [0.29, 0.717) is 41.3 Å². The number of carbonyl (C=O) groups excluding carboxylic acids is 2. The zero-order chi connectivity index (χ0) is 34.0. The lowest BCUT2D eigenvalue weighted by atomic mass is 10.0. The average molecular weight is 728 g/mol. The van der Waals surface area contributed by atoms with Gasteiger partial charge < -0.3 is 14.0 Å². The molecule has 0 radical (unpaired) electrons. The number of hydrogen-bond acceptors (Lipinski definition) is 9. The van der Waals surface area contributed by atoms with E-state index in [4.69, 9.17) is 14.0 Å². The Labute approximate surface area is 278 Å². The zero-order valence-electron chi connectivity index (χ0n) is 25.0. The Kier molecular flexibility index (Phi) is 12.3. The molecule has 0 bridgehead atoms. The second kappa shape index (κ2) is 16.3. The minimum atomic E-state index is -5.13. The number of nitrogens with zero attached hydrogens (tertiary/aromatic N) is 3. The van der Waals surface area contributed by atoms with Crippen molar-refractivity contribution in [2.75, 3.05) is 0 Å². The van der Waals surface area contributed by atoms with E-state index >= 15 is 0 Å². The van der Waals surface area contributed by atoms with Crippen LogP contribution in [-0.4, -0.2) is 31.3 Å². The van der Waals surface area contributed by atoms with Crippen LogP contribution in [-0.2, 0) is 44.9 Å². The molecule has 0 aliphatic rings. The SMILES string of the molecule is N#CCCc1c(OP(=O)(O)O)c2c(CCCCCC(=O)OCc3ccccc3)c(Br)ccc2n1C(=O)OCc1ccc([N+](=O)[O-])cc1. The van der Waals surface area contributed by atoms with Crippen LogP contribution in [0.1, 0.15) is 54.5 Å². The third kappa shape index (κ3) is 9.73. The smallest absolute Gasteiger partial charge is 0.461 e. The number of fused-ring (bicyclic) bond motifs is 1. The Balaban J connectivity index is 1.56. The van der Waals surface area contributed by atoms with Crippen molar-refractivity contribution in [3.05, 3.63) is 104 Å². The fourth-order valence-corrected chi connectivity index (χ4v) is 5.96. The van der Waals surface area contributed by atoms with Crippen molar-refractivity contribution in [2.45, 2.75) is 58.2 Å². The second-order valence-corrected chi connectivity index (χ2v) is 12.5. The van der Waals surface area contributed by atoms with E-state index in [2.05, 4.69) is 15.9 Å². The molecule has 0 aliphatic carbocycles. The number of esters is 1. The zero-order valence-corrected chi connectivity index (χ0v) is 27.5. The number of unbranched alkanes of at least 4 members (excludes halogenated alkanes) is 2. The van der Waals surface area contributed by atoms with Crippen LogP contribution in [0.15, 0.2) is 71.2 Å². The first kappa shape index (κ1) is 35.3. The molecule has 13 nitrogen and oxygen atoms in total. The van der Waals surface area contributed by atoms with Gasteiger partial charge in [-0.25, -0.2) is 13.9 Å². The van der Waals surface area contributed by atoms with Gasteiger partial charge in [0, 0.05) is 41.3 Å². The monoisotopic (exact) mass is 727 g/mol. The van der Waals surface area contributed by atoms with Gasteiger partial charge in [-0.15, -0.1) is 0 Å². The topological polar surface area (TPSA) is 191 Å². The number of ether oxygens (including phenoxy) is 2. The number of phosphoric acid groups is 1. The molecule has 15 heteroatoms. The Morgan fingerprint density at radius 1 is 0.936 bits per heavy atom. The predicted molar refractivity (Wildman–Crippen MR) is 173 cm³/mol. The van der Waals surface area contributed by atoms with Gasteiger partial charge in [0.1, 0.15) is 13.2 Å². The van der Waals surface area contributed by atoms with Gasteiger partial charge in [0.25, 0.3) is 5.69 Å². The van der Waals surface area contributed by atoms with Gasteiger partial charge in [-0.05, 0) is 60.2 Å². The van der Waals surface area contributed by atoms with Crippen molar-refractivity contribution in [1.29, 1.82) is 5.26 Å². The van der Waals surface area contributed by atoms with E-state index in [1.54, 1.807) is 12.1 Å². The number of nitriles is 1. The fraction of sp³-hybridized carbons (Fsp3) is 0.281. The molecule has 246 valence electrons. The quantitative estimate of drug-likeness (QED) is 0.0411. The second-order valence-electron chi connectivity index (χ2n) is 10.5. The molecule has 0 amide bonds. The van der Waals surface area contributed by atoms with Gasteiger partial charge >= 0.3 is 19.9 Å². The van der Waals surface area contributed by atoms with Crippen LogP contribution in [0.5, 0.6) is 5.75 Å². The summed E-state index contributed by atoms with van der Waals surface area (Å²) in [6, 6.07) is 20.0. The predicted octanol–water partition coefficient (Wildman–Crippen LogP) is 7.27.